The van der Waals surface area contributed by atoms with Crippen LogP contribution in [0.15, 0.2) is 23.3 Å². The molecule has 2 aliphatic carbocycles. The molecule has 0 radical (unpaired) electrons. The second-order valence-electron chi connectivity index (χ2n) is 8.59. The molecule has 1 spiro atoms. The Labute approximate surface area is 164 Å². The van der Waals surface area contributed by atoms with Gasteiger partial charge in [0.25, 0.3) is 5.56 Å². The van der Waals surface area contributed by atoms with Crippen LogP contribution in [0.3, 0.4) is 0 Å². The summed E-state index contributed by atoms with van der Waals surface area (Å²) in [4.78, 5) is 35.1. The van der Waals surface area contributed by atoms with Gasteiger partial charge in [0, 0.05) is 55.3 Å². The van der Waals surface area contributed by atoms with E-state index in [2.05, 4.69) is 10.1 Å². The number of carbonyl (C=O) groups is 1. The van der Waals surface area contributed by atoms with E-state index in [-0.39, 0.29) is 16.9 Å². The lowest BCUT2D eigenvalue weighted by atomic mass is 9.76. The molecule has 0 atom stereocenters. The number of aryl methyl sites for hydroxylation is 1. The number of rotatable bonds is 5. The lowest BCUT2D eigenvalue weighted by Gasteiger charge is -2.39. The van der Waals surface area contributed by atoms with E-state index < -0.39 is 0 Å². The van der Waals surface area contributed by atoms with Crippen molar-refractivity contribution in [3.8, 4) is 0 Å². The fraction of sp³-hybridized carbons (Fsp3) is 0.619. The fourth-order valence-corrected chi connectivity index (χ4v) is 4.87. The number of hydrogen-bond acceptors (Lipinski definition) is 4. The first-order valence-corrected chi connectivity index (χ1v) is 10.5. The fourth-order valence-electron chi connectivity index (χ4n) is 4.87. The molecule has 0 unspecified atom stereocenters. The van der Waals surface area contributed by atoms with Crippen LogP contribution in [0, 0.1) is 0 Å². The molecule has 0 bridgehead atoms. The van der Waals surface area contributed by atoms with Gasteiger partial charge in [-0.15, -0.1) is 0 Å². The molecule has 7 heteroatoms. The first kappa shape index (κ1) is 17.6. The standard InChI is InChI=1S/C21H27N5O2/c27-17(3-1-11-26-12-2-10-22-26)25-13-8-21(9-14-25)7-6-16-18(21)23-19(15-4-5-15)24-20(16)28/h2,10,12,15H,1,3-9,11,13-14H2,(H,23,24,28). The second kappa shape index (κ2) is 6.87. The second-order valence-corrected chi connectivity index (χ2v) is 8.59. The smallest absolute Gasteiger partial charge is 0.254 e. The molecule has 1 aliphatic heterocycles. The first-order chi connectivity index (χ1) is 13.6. The van der Waals surface area contributed by atoms with Gasteiger partial charge in [0.1, 0.15) is 5.82 Å². The molecule has 2 aromatic rings. The van der Waals surface area contributed by atoms with Crippen molar-refractivity contribution >= 4 is 5.91 Å². The number of amides is 1. The highest BCUT2D eigenvalue weighted by Gasteiger charge is 2.45. The number of piperidine rings is 1. The van der Waals surface area contributed by atoms with E-state index in [1.807, 2.05) is 21.8 Å². The monoisotopic (exact) mass is 381 g/mol. The summed E-state index contributed by atoms with van der Waals surface area (Å²) < 4.78 is 1.87. The minimum atomic E-state index is -0.000919. The van der Waals surface area contributed by atoms with Crippen molar-refractivity contribution in [3.05, 3.63) is 45.9 Å². The van der Waals surface area contributed by atoms with Crippen molar-refractivity contribution in [2.24, 2.45) is 0 Å². The van der Waals surface area contributed by atoms with Crippen molar-refractivity contribution in [1.29, 1.82) is 0 Å². The third-order valence-electron chi connectivity index (χ3n) is 6.76. The summed E-state index contributed by atoms with van der Waals surface area (Å²) >= 11 is 0. The number of aromatic amines is 1. The highest BCUT2D eigenvalue weighted by molar-refractivity contribution is 5.76. The maximum Gasteiger partial charge on any atom is 0.254 e. The lowest BCUT2D eigenvalue weighted by Crippen LogP contribution is -2.45. The van der Waals surface area contributed by atoms with Crippen molar-refractivity contribution in [1.82, 2.24) is 24.6 Å². The van der Waals surface area contributed by atoms with Crippen molar-refractivity contribution in [2.75, 3.05) is 13.1 Å². The molecular formula is C21H27N5O2. The molecule has 2 fully saturated rings. The zero-order valence-electron chi connectivity index (χ0n) is 16.2. The maximum atomic E-state index is 12.6. The molecule has 7 nitrogen and oxygen atoms in total. The lowest BCUT2D eigenvalue weighted by molar-refractivity contribution is -0.133. The number of carbonyl (C=O) groups excluding carboxylic acids is 1. The Balaban J connectivity index is 1.23. The van der Waals surface area contributed by atoms with Crippen LogP contribution in [-0.2, 0) is 23.2 Å². The average Bonchev–Trinajstić information content (AvgIpc) is 3.32. The molecule has 28 heavy (non-hydrogen) atoms. The number of aromatic nitrogens is 4. The van der Waals surface area contributed by atoms with E-state index >= 15 is 0 Å². The molecule has 1 saturated heterocycles. The van der Waals surface area contributed by atoms with Crippen LogP contribution >= 0.6 is 0 Å². The quantitative estimate of drug-likeness (QED) is 0.860. The van der Waals surface area contributed by atoms with Gasteiger partial charge in [-0.2, -0.15) is 5.10 Å². The Morgan fingerprint density at radius 2 is 2.07 bits per heavy atom. The number of H-pyrrole nitrogens is 1. The number of likely N-dealkylation sites (tertiary alicyclic amines) is 1. The molecule has 5 rings (SSSR count). The van der Waals surface area contributed by atoms with Gasteiger partial charge >= 0.3 is 0 Å². The van der Waals surface area contributed by atoms with E-state index in [0.717, 1.165) is 81.7 Å². The summed E-state index contributed by atoms with van der Waals surface area (Å²) in [6.07, 6.45) is 11.0. The SMILES string of the molecule is O=C(CCCn1cccn1)N1CCC2(CCc3c2nc(C2CC2)[nH]c3=O)CC1. The topological polar surface area (TPSA) is 83.9 Å². The number of fused-ring (bicyclic) bond motifs is 2. The molecule has 1 saturated carbocycles. The molecule has 3 aliphatic rings. The van der Waals surface area contributed by atoms with Gasteiger partial charge in [-0.3, -0.25) is 14.3 Å². The summed E-state index contributed by atoms with van der Waals surface area (Å²) in [5.41, 5.74) is 2.01. The van der Waals surface area contributed by atoms with Crippen LogP contribution in [0.4, 0.5) is 0 Å². The molecule has 2 aromatic heterocycles. The summed E-state index contributed by atoms with van der Waals surface area (Å²) in [7, 11) is 0. The Morgan fingerprint density at radius 1 is 1.25 bits per heavy atom. The third-order valence-corrected chi connectivity index (χ3v) is 6.76. The predicted molar refractivity (Wildman–Crippen MR) is 104 cm³/mol. The summed E-state index contributed by atoms with van der Waals surface area (Å²) in [5.74, 6) is 1.58. The Kier molecular flexibility index (Phi) is 4.33. The number of nitrogens with zero attached hydrogens (tertiary/aromatic N) is 4. The molecule has 0 aromatic carbocycles. The molecule has 1 amide bonds. The van der Waals surface area contributed by atoms with Gasteiger partial charge in [0.2, 0.25) is 5.91 Å². The average molecular weight is 381 g/mol. The van der Waals surface area contributed by atoms with Crippen LogP contribution in [0.5, 0.6) is 0 Å². The van der Waals surface area contributed by atoms with E-state index in [1.54, 1.807) is 6.20 Å². The summed E-state index contributed by atoms with van der Waals surface area (Å²) in [5, 5.41) is 4.18. The van der Waals surface area contributed by atoms with E-state index in [9.17, 15) is 9.59 Å². The van der Waals surface area contributed by atoms with Crippen LogP contribution in [-0.4, -0.2) is 43.6 Å². The zero-order chi connectivity index (χ0) is 19.1. The van der Waals surface area contributed by atoms with E-state index in [0.29, 0.717) is 12.3 Å². The zero-order valence-corrected chi connectivity index (χ0v) is 16.2. The van der Waals surface area contributed by atoms with Crippen LogP contribution in [0.1, 0.15) is 67.9 Å². The third kappa shape index (κ3) is 3.16. The highest BCUT2D eigenvalue weighted by atomic mass is 16.2. The number of nitrogens with one attached hydrogen (secondary N) is 1. The Bertz CT molecular complexity index is 921. The largest absolute Gasteiger partial charge is 0.343 e. The van der Waals surface area contributed by atoms with E-state index in [4.69, 9.17) is 4.98 Å². The molecular weight excluding hydrogens is 354 g/mol. The summed E-state index contributed by atoms with van der Waals surface area (Å²) in [6, 6.07) is 1.90. The Hall–Kier alpha value is -2.44. The van der Waals surface area contributed by atoms with Crippen LogP contribution in [0.2, 0.25) is 0 Å². The van der Waals surface area contributed by atoms with Crippen LogP contribution < -0.4 is 5.56 Å². The first-order valence-electron chi connectivity index (χ1n) is 10.5. The molecule has 148 valence electrons. The van der Waals surface area contributed by atoms with Crippen molar-refractivity contribution in [3.63, 3.8) is 0 Å². The predicted octanol–water partition coefficient (Wildman–Crippen LogP) is 2.13. The maximum absolute atomic E-state index is 12.6. The summed E-state index contributed by atoms with van der Waals surface area (Å²) in [6.45, 7) is 2.32. The van der Waals surface area contributed by atoms with Gasteiger partial charge in [0.05, 0.1) is 5.69 Å². The van der Waals surface area contributed by atoms with Crippen molar-refractivity contribution in [2.45, 2.75) is 69.2 Å². The van der Waals surface area contributed by atoms with Crippen LogP contribution in [0.25, 0.3) is 0 Å². The normalized spacial score (nSPS) is 20.5. The van der Waals surface area contributed by atoms with Crippen molar-refractivity contribution < 1.29 is 4.79 Å². The minimum Gasteiger partial charge on any atom is -0.343 e. The van der Waals surface area contributed by atoms with Gasteiger partial charge < -0.3 is 9.88 Å². The van der Waals surface area contributed by atoms with Gasteiger partial charge in [0.15, 0.2) is 0 Å². The highest BCUT2D eigenvalue weighted by Crippen LogP contribution is 2.46. The van der Waals surface area contributed by atoms with E-state index in [1.165, 1.54) is 0 Å². The minimum absolute atomic E-state index is 0.000919. The Morgan fingerprint density at radius 3 is 2.79 bits per heavy atom. The van der Waals surface area contributed by atoms with Gasteiger partial charge in [-0.1, -0.05) is 0 Å². The molecule has 3 heterocycles. The number of hydrogen-bond donors (Lipinski definition) is 1. The van der Waals surface area contributed by atoms with Gasteiger partial charge in [-0.05, 0) is 51.0 Å². The molecule has 1 N–H and O–H groups in total. The van der Waals surface area contributed by atoms with Gasteiger partial charge in [-0.25, -0.2) is 4.98 Å².